The number of rotatable bonds is 7. The zero-order valence-corrected chi connectivity index (χ0v) is 12.6. The van der Waals surface area contributed by atoms with Gasteiger partial charge in [0.05, 0.1) is 12.3 Å². The van der Waals surface area contributed by atoms with E-state index in [2.05, 4.69) is 12.2 Å². The second kappa shape index (κ2) is 6.99. The van der Waals surface area contributed by atoms with Crippen LogP contribution in [0.2, 0.25) is 0 Å². The fraction of sp³-hybridized carbons (Fsp3) is 0.692. The van der Waals surface area contributed by atoms with Crippen molar-refractivity contribution >= 4 is 23.5 Å². The zero-order chi connectivity index (χ0) is 13.7. The fourth-order valence-electron chi connectivity index (χ4n) is 2.17. The zero-order valence-electron chi connectivity index (χ0n) is 11.0. The van der Waals surface area contributed by atoms with E-state index < -0.39 is 5.76 Å². The van der Waals surface area contributed by atoms with Gasteiger partial charge in [0.15, 0.2) is 0 Å². The first-order valence-corrected chi connectivity index (χ1v) is 8.43. The van der Waals surface area contributed by atoms with Crippen molar-refractivity contribution in [3.05, 3.63) is 23.7 Å². The molecule has 1 aromatic heterocycles. The Bertz CT molecular complexity index is 392. The number of hydrogen-bond acceptors (Lipinski definition) is 4. The van der Waals surface area contributed by atoms with Gasteiger partial charge < -0.3 is 9.73 Å². The first-order valence-electron chi connectivity index (χ1n) is 6.39. The Labute approximate surface area is 121 Å². The Hall–Kier alpha value is -0.200. The Balaban J connectivity index is 1.71. The van der Waals surface area contributed by atoms with E-state index in [-0.39, 0.29) is 5.75 Å². The molecule has 1 N–H and O–H groups in total. The summed E-state index contributed by atoms with van der Waals surface area (Å²) in [6.45, 7) is 3.90. The summed E-state index contributed by atoms with van der Waals surface area (Å²) in [7, 11) is 0. The van der Waals surface area contributed by atoms with Crippen molar-refractivity contribution in [3.8, 4) is 0 Å². The van der Waals surface area contributed by atoms with Gasteiger partial charge in [0.2, 0.25) is 0 Å². The molecule has 2 heterocycles. The molecule has 19 heavy (non-hydrogen) atoms. The maximum Gasteiger partial charge on any atom is 0.284 e. The monoisotopic (exact) mass is 307 g/mol. The molecule has 0 bridgehead atoms. The first-order chi connectivity index (χ1) is 9.07. The third kappa shape index (κ3) is 5.00. The summed E-state index contributed by atoms with van der Waals surface area (Å²) >= 11 is 2.61. The summed E-state index contributed by atoms with van der Waals surface area (Å²) in [6, 6.07) is 3.64. The van der Waals surface area contributed by atoms with Gasteiger partial charge in [-0.25, -0.2) is 0 Å². The van der Waals surface area contributed by atoms with Crippen molar-refractivity contribution in [2.24, 2.45) is 0 Å². The van der Waals surface area contributed by atoms with E-state index in [9.17, 15) is 8.78 Å². The predicted molar refractivity (Wildman–Crippen MR) is 77.8 cm³/mol. The number of alkyl halides is 2. The molecule has 108 valence electrons. The quantitative estimate of drug-likeness (QED) is 0.819. The van der Waals surface area contributed by atoms with Crippen molar-refractivity contribution in [2.75, 3.05) is 12.3 Å². The molecule has 1 saturated heterocycles. The van der Waals surface area contributed by atoms with Gasteiger partial charge in [-0.3, -0.25) is 0 Å². The molecule has 1 fully saturated rings. The van der Waals surface area contributed by atoms with Gasteiger partial charge >= 0.3 is 0 Å². The van der Waals surface area contributed by atoms with Crippen LogP contribution in [0.3, 0.4) is 0 Å². The largest absolute Gasteiger partial charge is 0.464 e. The van der Waals surface area contributed by atoms with Crippen LogP contribution in [0.4, 0.5) is 8.78 Å². The Kier molecular flexibility index (Phi) is 5.59. The van der Waals surface area contributed by atoms with Gasteiger partial charge in [-0.1, -0.05) is 11.8 Å². The summed E-state index contributed by atoms with van der Waals surface area (Å²) in [6.07, 6.45) is 2.54. The van der Waals surface area contributed by atoms with Crippen LogP contribution >= 0.6 is 23.5 Å². The lowest BCUT2D eigenvalue weighted by molar-refractivity contribution is 0.251. The first kappa shape index (κ1) is 15.2. The van der Waals surface area contributed by atoms with Gasteiger partial charge in [-0.15, -0.1) is 0 Å². The number of hydrogen-bond donors (Lipinski definition) is 1. The van der Waals surface area contributed by atoms with E-state index in [1.165, 1.54) is 18.6 Å². The number of thioether (sulfide) groups is 2. The molecule has 1 aliphatic heterocycles. The van der Waals surface area contributed by atoms with Gasteiger partial charge in [0, 0.05) is 11.3 Å². The van der Waals surface area contributed by atoms with Crippen molar-refractivity contribution in [1.29, 1.82) is 0 Å². The topological polar surface area (TPSA) is 25.2 Å². The molecule has 0 radical (unpaired) electrons. The smallest absolute Gasteiger partial charge is 0.284 e. The molecule has 2 rings (SSSR count). The molecule has 0 aliphatic carbocycles. The Morgan fingerprint density at radius 2 is 2.26 bits per heavy atom. The summed E-state index contributed by atoms with van der Waals surface area (Å²) in [5.74, 6) is 0.560. The van der Waals surface area contributed by atoms with Crippen LogP contribution in [0.15, 0.2) is 16.5 Å². The second-order valence-corrected chi connectivity index (χ2v) is 7.61. The fourth-order valence-corrected chi connectivity index (χ4v) is 3.89. The minimum atomic E-state index is -2.34. The molecule has 0 amide bonds. The molecule has 1 aliphatic rings. The van der Waals surface area contributed by atoms with Crippen LogP contribution in [-0.4, -0.2) is 22.8 Å². The average molecular weight is 307 g/mol. The number of furan rings is 1. The van der Waals surface area contributed by atoms with Gasteiger partial charge in [0.1, 0.15) is 11.5 Å². The van der Waals surface area contributed by atoms with Crippen LogP contribution < -0.4 is 5.32 Å². The van der Waals surface area contributed by atoms with Gasteiger partial charge in [0.25, 0.3) is 5.76 Å². The van der Waals surface area contributed by atoms with Gasteiger partial charge in [-0.2, -0.15) is 20.5 Å². The van der Waals surface area contributed by atoms with Crippen LogP contribution in [0, 0.1) is 0 Å². The minimum Gasteiger partial charge on any atom is -0.464 e. The van der Waals surface area contributed by atoms with Crippen molar-refractivity contribution < 1.29 is 13.2 Å². The standard InChI is InChI=1S/C13H19F2NOS2/c1-13(5-2-6-19-13)9-16-7-10-3-4-11(17-10)8-18-12(14)15/h3-4,12,16H,2,5-9H2,1H3. The summed E-state index contributed by atoms with van der Waals surface area (Å²) in [5, 5.41) is 3.39. The van der Waals surface area contributed by atoms with Crippen LogP contribution in [-0.2, 0) is 12.3 Å². The predicted octanol–water partition coefficient (Wildman–Crippen LogP) is 4.11. The third-order valence-electron chi connectivity index (χ3n) is 3.17. The Morgan fingerprint density at radius 1 is 1.47 bits per heavy atom. The summed E-state index contributed by atoms with van der Waals surface area (Å²) in [4.78, 5) is 0. The lowest BCUT2D eigenvalue weighted by atomic mass is 10.1. The maximum atomic E-state index is 12.1. The molecule has 0 spiro atoms. The SMILES string of the molecule is CC1(CNCc2ccc(CSC(F)F)o2)CCCS1. The lowest BCUT2D eigenvalue weighted by Crippen LogP contribution is -2.32. The molecular formula is C13H19F2NOS2. The average Bonchev–Trinajstić information content (AvgIpc) is 2.97. The summed E-state index contributed by atoms with van der Waals surface area (Å²) < 4.78 is 29.9. The summed E-state index contributed by atoms with van der Waals surface area (Å²) in [5.41, 5.74) is 0. The normalized spacial score (nSPS) is 23.4. The van der Waals surface area contributed by atoms with E-state index in [0.29, 0.717) is 28.8 Å². The van der Waals surface area contributed by atoms with Crippen molar-refractivity contribution in [3.63, 3.8) is 0 Å². The molecule has 1 atom stereocenters. The van der Waals surface area contributed by atoms with E-state index in [4.69, 9.17) is 4.42 Å². The molecule has 6 heteroatoms. The minimum absolute atomic E-state index is 0.227. The van der Waals surface area contributed by atoms with Crippen molar-refractivity contribution in [2.45, 2.75) is 42.6 Å². The second-order valence-electron chi connectivity index (χ2n) is 4.95. The molecule has 0 aromatic carbocycles. The van der Waals surface area contributed by atoms with E-state index in [1.54, 1.807) is 6.07 Å². The maximum absolute atomic E-state index is 12.1. The highest BCUT2D eigenvalue weighted by Gasteiger charge is 2.28. The highest BCUT2D eigenvalue weighted by Crippen LogP contribution is 2.37. The number of nitrogens with one attached hydrogen (secondary N) is 1. The van der Waals surface area contributed by atoms with E-state index >= 15 is 0 Å². The van der Waals surface area contributed by atoms with E-state index in [1.807, 2.05) is 17.8 Å². The lowest BCUT2D eigenvalue weighted by Gasteiger charge is -2.22. The highest BCUT2D eigenvalue weighted by molar-refractivity contribution is 8.00. The number of halogens is 2. The van der Waals surface area contributed by atoms with Gasteiger partial charge in [-0.05, 0) is 37.7 Å². The molecule has 1 unspecified atom stereocenters. The molecule has 2 nitrogen and oxygen atoms in total. The van der Waals surface area contributed by atoms with Crippen LogP contribution in [0.25, 0.3) is 0 Å². The third-order valence-corrected chi connectivity index (χ3v) is 5.41. The molecular weight excluding hydrogens is 288 g/mol. The van der Waals surface area contributed by atoms with E-state index in [0.717, 1.165) is 12.3 Å². The van der Waals surface area contributed by atoms with Crippen molar-refractivity contribution in [1.82, 2.24) is 5.32 Å². The van der Waals surface area contributed by atoms with Crippen LogP contribution in [0.1, 0.15) is 31.3 Å². The molecule has 0 saturated carbocycles. The highest BCUT2D eigenvalue weighted by atomic mass is 32.2. The molecule has 1 aromatic rings. The Morgan fingerprint density at radius 3 is 2.95 bits per heavy atom. The van der Waals surface area contributed by atoms with Crippen LogP contribution in [0.5, 0.6) is 0 Å².